The Morgan fingerprint density at radius 1 is 1.39 bits per heavy atom. The van der Waals surface area contributed by atoms with Crippen molar-refractivity contribution in [1.82, 2.24) is 10.2 Å². The SMILES string of the molecule is CCC(CC1CC1)N1C(=O)C2(CC2)NC1C(C)C. The molecule has 1 aliphatic heterocycles. The van der Waals surface area contributed by atoms with Gasteiger partial charge in [-0.3, -0.25) is 10.1 Å². The van der Waals surface area contributed by atoms with E-state index in [9.17, 15) is 4.79 Å². The molecular formula is C15H26N2O. The second kappa shape index (κ2) is 4.22. The maximum atomic E-state index is 12.7. The molecule has 18 heavy (non-hydrogen) atoms. The molecule has 1 heterocycles. The van der Waals surface area contributed by atoms with E-state index in [0.29, 0.717) is 17.9 Å². The average Bonchev–Trinajstić information content (AvgIpc) is 3.20. The molecule has 0 aromatic rings. The van der Waals surface area contributed by atoms with Gasteiger partial charge in [-0.15, -0.1) is 0 Å². The summed E-state index contributed by atoms with van der Waals surface area (Å²) in [5.74, 6) is 1.79. The molecule has 0 bridgehead atoms. The molecule has 1 N–H and O–H groups in total. The third-order valence-electron chi connectivity index (χ3n) is 4.92. The minimum absolute atomic E-state index is 0.147. The van der Waals surface area contributed by atoms with Crippen LogP contribution in [0.4, 0.5) is 0 Å². The quantitative estimate of drug-likeness (QED) is 0.813. The highest BCUT2D eigenvalue weighted by molar-refractivity contribution is 5.92. The van der Waals surface area contributed by atoms with Crippen LogP contribution in [0.25, 0.3) is 0 Å². The Kier molecular flexibility index (Phi) is 2.92. The Morgan fingerprint density at radius 3 is 2.50 bits per heavy atom. The number of amides is 1. The molecule has 2 atom stereocenters. The lowest BCUT2D eigenvalue weighted by Gasteiger charge is -2.34. The van der Waals surface area contributed by atoms with Crippen LogP contribution in [-0.2, 0) is 4.79 Å². The van der Waals surface area contributed by atoms with Gasteiger partial charge in [0.1, 0.15) is 0 Å². The van der Waals surface area contributed by atoms with Gasteiger partial charge in [0.25, 0.3) is 0 Å². The number of hydrogen-bond acceptors (Lipinski definition) is 2. The van der Waals surface area contributed by atoms with Gasteiger partial charge in [-0.2, -0.15) is 0 Å². The number of hydrogen-bond donors (Lipinski definition) is 1. The van der Waals surface area contributed by atoms with E-state index in [1.165, 1.54) is 19.3 Å². The van der Waals surface area contributed by atoms with Gasteiger partial charge in [0, 0.05) is 6.04 Å². The standard InChI is InChI=1S/C15H26N2O/c1-4-12(9-11-5-6-11)17-13(10(2)3)16-15(7-8-15)14(17)18/h10-13,16H,4-9H2,1-3H3. The first-order valence-corrected chi connectivity index (χ1v) is 7.68. The van der Waals surface area contributed by atoms with Crippen molar-refractivity contribution in [2.75, 3.05) is 0 Å². The Bertz CT molecular complexity index is 344. The molecule has 0 radical (unpaired) electrons. The third kappa shape index (κ3) is 1.97. The summed E-state index contributed by atoms with van der Waals surface area (Å²) in [5, 5.41) is 3.63. The van der Waals surface area contributed by atoms with Crippen LogP contribution in [0.3, 0.4) is 0 Å². The number of carbonyl (C=O) groups is 1. The van der Waals surface area contributed by atoms with Crippen molar-refractivity contribution in [2.24, 2.45) is 11.8 Å². The van der Waals surface area contributed by atoms with Crippen molar-refractivity contribution >= 4 is 5.91 Å². The summed E-state index contributed by atoms with van der Waals surface area (Å²) in [4.78, 5) is 14.9. The average molecular weight is 250 g/mol. The summed E-state index contributed by atoms with van der Waals surface area (Å²) < 4.78 is 0. The van der Waals surface area contributed by atoms with Gasteiger partial charge < -0.3 is 4.90 Å². The van der Waals surface area contributed by atoms with Crippen molar-refractivity contribution in [2.45, 2.75) is 77.0 Å². The summed E-state index contributed by atoms with van der Waals surface area (Å²) >= 11 is 0. The minimum atomic E-state index is -0.147. The van der Waals surface area contributed by atoms with Gasteiger partial charge >= 0.3 is 0 Å². The zero-order chi connectivity index (χ0) is 12.9. The molecule has 3 nitrogen and oxygen atoms in total. The summed E-state index contributed by atoms with van der Waals surface area (Å²) in [6, 6.07) is 0.463. The molecular weight excluding hydrogens is 224 g/mol. The normalized spacial score (nSPS) is 31.4. The van der Waals surface area contributed by atoms with Crippen LogP contribution in [0.5, 0.6) is 0 Å². The van der Waals surface area contributed by atoms with Crippen molar-refractivity contribution < 1.29 is 4.79 Å². The first kappa shape index (κ1) is 12.5. The highest BCUT2D eigenvalue weighted by Crippen LogP contribution is 2.45. The minimum Gasteiger partial charge on any atom is -0.322 e. The van der Waals surface area contributed by atoms with E-state index >= 15 is 0 Å². The van der Waals surface area contributed by atoms with Gasteiger partial charge in [0.05, 0.1) is 11.7 Å². The highest BCUT2D eigenvalue weighted by Gasteiger charge is 2.60. The number of nitrogens with one attached hydrogen (secondary N) is 1. The number of rotatable bonds is 5. The Hall–Kier alpha value is -0.570. The third-order valence-corrected chi connectivity index (χ3v) is 4.92. The Balaban J connectivity index is 1.78. The van der Waals surface area contributed by atoms with Crippen LogP contribution < -0.4 is 5.32 Å². The fourth-order valence-electron chi connectivity index (χ4n) is 3.37. The van der Waals surface area contributed by atoms with Gasteiger partial charge in [0.2, 0.25) is 5.91 Å². The molecule has 0 aromatic carbocycles. The maximum Gasteiger partial charge on any atom is 0.244 e. The molecule has 2 aliphatic carbocycles. The van der Waals surface area contributed by atoms with Crippen LogP contribution in [0, 0.1) is 11.8 Å². The molecule has 3 rings (SSSR count). The molecule has 1 saturated heterocycles. The predicted molar refractivity (Wildman–Crippen MR) is 72.0 cm³/mol. The number of carbonyl (C=O) groups excluding carboxylic acids is 1. The second-order valence-electron chi connectivity index (χ2n) is 6.87. The zero-order valence-corrected chi connectivity index (χ0v) is 11.9. The van der Waals surface area contributed by atoms with E-state index in [1.807, 2.05) is 0 Å². The van der Waals surface area contributed by atoms with Gasteiger partial charge in [-0.1, -0.05) is 33.6 Å². The topological polar surface area (TPSA) is 32.3 Å². The summed E-state index contributed by atoms with van der Waals surface area (Å²) in [6.45, 7) is 6.68. The lowest BCUT2D eigenvalue weighted by atomic mass is 10.0. The number of nitrogens with zero attached hydrogens (tertiary/aromatic N) is 1. The second-order valence-corrected chi connectivity index (χ2v) is 6.87. The first-order valence-electron chi connectivity index (χ1n) is 7.68. The maximum absolute atomic E-state index is 12.7. The molecule has 2 saturated carbocycles. The van der Waals surface area contributed by atoms with Crippen LogP contribution in [-0.4, -0.2) is 28.6 Å². The van der Waals surface area contributed by atoms with Gasteiger partial charge in [-0.05, 0) is 37.5 Å². The van der Waals surface area contributed by atoms with E-state index in [4.69, 9.17) is 0 Å². The van der Waals surface area contributed by atoms with Crippen LogP contribution in [0.1, 0.15) is 59.3 Å². The monoisotopic (exact) mass is 250 g/mol. The predicted octanol–water partition coefficient (Wildman–Crippen LogP) is 2.51. The fourth-order valence-corrected chi connectivity index (χ4v) is 3.37. The highest BCUT2D eigenvalue weighted by atomic mass is 16.2. The van der Waals surface area contributed by atoms with Crippen LogP contribution >= 0.6 is 0 Å². The summed E-state index contributed by atoms with van der Waals surface area (Å²) in [5.41, 5.74) is -0.147. The fraction of sp³-hybridized carbons (Fsp3) is 0.933. The first-order chi connectivity index (χ1) is 8.57. The lowest BCUT2D eigenvalue weighted by molar-refractivity contribution is -0.134. The van der Waals surface area contributed by atoms with Crippen LogP contribution in [0.2, 0.25) is 0 Å². The molecule has 1 spiro atoms. The molecule has 102 valence electrons. The molecule has 3 fully saturated rings. The zero-order valence-electron chi connectivity index (χ0n) is 11.9. The van der Waals surface area contributed by atoms with E-state index in [-0.39, 0.29) is 11.7 Å². The lowest BCUT2D eigenvalue weighted by Crippen LogP contribution is -2.47. The van der Waals surface area contributed by atoms with Crippen molar-refractivity contribution in [3.05, 3.63) is 0 Å². The molecule has 3 heteroatoms. The van der Waals surface area contributed by atoms with Gasteiger partial charge in [0.15, 0.2) is 0 Å². The van der Waals surface area contributed by atoms with Gasteiger partial charge in [-0.25, -0.2) is 0 Å². The Labute approximate surface area is 110 Å². The molecule has 1 amide bonds. The Morgan fingerprint density at radius 2 is 2.06 bits per heavy atom. The van der Waals surface area contributed by atoms with Crippen LogP contribution in [0.15, 0.2) is 0 Å². The molecule has 2 unspecified atom stereocenters. The summed E-state index contributed by atoms with van der Waals surface area (Å²) in [6.07, 6.45) is 7.44. The van der Waals surface area contributed by atoms with Crippen molar-refractivity contribution in [1.29, 1.82) is 0 Å². The summed E-state index contributed by atoms with van der Waals surface area (Å²) in [7, 11) is 0. The van der Waals surface area contributed by atoms with E-state index < -0.39 is 0 Å². The van der Waals surface area contributed by atoms with Crippen molar-refractivity contribution in [3.63, 3.8) is 0 Å². The largest absolute Gasteiger partial charge is 0.322 e. The van der Waals surface area contributed by atoms with E-state index in [1.54, 1.807) is 0 Å². The molecule has 3 aliphatic rings. The van der Waals surface area contributed by atoms with E-state index in [2.05, 4.69) is 31.0 Å². The van der Waals surface area contributed by atoms with E-state index in [0.717, 1.165) is 25.2 Å². The molecule has 0 aromatic heterocycles. The smallest absolute Gasteiger partial charge is 0.244 e. The van der Waals surface area contributed by atoms with Crippen molar-refractivity contribution in [3.8, 4) is 0 Å².